The summed E-state index contributed by atoms with van der Waals surface area (Å²) in [5, 5.41) is 13.1. The maximum absolute atomic E-state index is 15.4. The van der Waals surface area contributed by atoms with Crippen molar-refractivity contribution in [2.75, 3.05) is 27.2 Å². The Morgan fingerprint density at radius 2 is 2.00 bits per heavy atom. The Hall–Kier alpha value is -3.56. The average Bonchev–Trinajstić information content (AvgIpc) is 3.46. The molecular weight excluding hydrogens is 525 g/mol. The van der Waals surface area contributed by atoms with Crippen LogP contribution in [-0.4, -0.2) is 52.7 Å². The largest absolute Gasteiger partial charge is 0.435 e. The van der Waals surface area contributed by atoms with Crippen LogP contribution in [0.1, 0.15) is 39.4 Å². The number of likely N-dealkylation sites (N-methyl/N-ethyl adjacent to an activating group) is 1. The molecular formula is C26H24F5N5OS. The van der Waals surface area contributed by atoms with E-state index in [0.717, 1.165) is 28.3 Å². The molecule has 3 heterocycles. The van der Waals surface area contributed by atoms with Crippen molar-refractivity contribution in [1.82, 2.24) is 19.6 Å². The first-order valence-electron chi connectivity index (χ1n) is 11.7. The number of alkyl halides is 3. The number of hydrogen-bond donors (Lipinski definition) is 0. The summed E-state index contributed by atoms with van der Waals surface area (Å²) in [7, 11) is 3.67. The van der Waals surface area contributed by atoms with Gasteiger partial charge in [-0.2, -0.15) is 23.5 Å². The minimum absolute atomic E-state index is 0.0428. The van der Waals surface area contributed by atoms with Gasteiger partial charge < -0.3 is 9.80 Å². The molecule has 0 saturated heterocycles. The van der Waals surface area contributed by atoms with Crippen LogP contribution in [0.25, 0.3) is 11.1 Å². The van der Waals surface area contributed by atoms with Crippen molar-refractivity contribution in [1.29, 1.82) is 5.26 Å². The zero-order chi connectivity index (χ0) is 27.8. The highest BCUT2D eigenvalue weighted by Crippen LogP contribution is 2.45. The molecule has 3 aromatic rings. The van der Waals surface area contributed by atoms with Gasteiger partial charge in [0.05, 0.1) is 6.54 Å². The predicted molar refractivity (Wildman–Crippen MR) is 132 cm³/mol. The van der Waals surface area contributed by atoms with Crippen LogP contribution in [0.15, 0.2) is 36.5 Å². The van der Waals surface area contributed by atoms with E-state index >= 15 is 4.39 Å². The summed E-state index contributed by atoms with van der Waals surface area (Å²) in [6, 6.07) is 5.14. The van der Waals surface area contributed by atoms with E-state index in [0.29, 0.717) is 27.9 Å². The number of hydrogen-bond acceptors (Lipinski definition) is 5. The Labute approximate surface area is 220 Å². The molecule has 0 bridgehead atoms. The molecule has 38 heavy (non-hydrogen) atoms. The molecule has 6 nitrogen and oxygen atoms in total. The van der Waals surface area contributed by atoms with Gasteiger partial charge in [-0.05, 0) is 44.3 Å². The van der Waals surface area contributed by atoms with Crippen molar-refractivity contribution in [3.63, 3.8) is 0 Å². The number of carbonyl (C=O) groups excluding carboxylic acids is 1. The molecule has 1 aliphatic rings. The number of carbonyl (C=O) groups is 1. The quantitative estimate of drug-likeness (QED) is 0.306. The lowest BCUT2D eigenvalue weighted by molar-refractivity contribution is -0.141. The van der Waals surface area contributed by atoms with Crippen LogP contribution in [0.5, 0.6) is 0 Å². The van der Waals surface area contributed by atoms with Crippen LogP contribution < -0.4 is 0 Å². The van der Waals surface area contributed by atoms with Crippen molar-refractivity contribution >= 4 is 17.2 Å². The fourth-order valence-corrected chi connectivity index (χ4v) is 5.54. The lowest BCUT2D eigenvalue weighted by Crippen LogP contribution is -2.37. The number of benzene rings is 1. The van der Waals surface area contributed by atoms with Crippen molar-refractivity contribution in [3.8, 4) is 17.2 Å². The SMILES string of the molecule is CCn1cc(-c2c(F)cc(F)cc2C2CN(C(=O)/C=C/CN(C)C)Cc3sc(C#N)cc32)c(C(F)(F)F)n1. The fourth-order valence-electron chi connectivity index (χ4n) is 4.50. The van der Waals surface area contributed by atoms with Crippen molar-refractivity contribution in [2.24, 2.45) is 0 Å². The van der Waals surface area contributed by atoms with Crippen LogP contribution in [0.3, 0.4) is 0 Å². The standard InChI is InChI=1S/C26H24F5N5OS/c1-4-36-13-20(25(33-36)26(29,30)31)24-18(8-15(27)9-21(24)28)19-12-35(23(37)6-5-7-34(2)3)14-22-17(19)10-16(11-32)38-22/h5-6,8-10,13,19H,4,7,12,14H2,1-3H3/b6-5+. The first-order chi connectivity index (χ1) is 17.9. The fraction of sp³-hybridized carbons (Fsp3) is 0.346. The second-order valence-electron chi connectivity index (χ2n) is 9.13. The summed E-state index contributed by atoms with van der Waals surface area (Å²) in [6.45, 7) is 2.32. The zero-order valence-corrected chi connectivity index (χ0v) is 21.6. The lowest BCUT2D eigenvalue weighted by Gasteiger charge is -2.33. The molecule has 1 aromatic carbocycles. The van der Waals surface area contributed by atoms with E-state index in [9.17, 15) is 27.6 Å². The molecule has 200 valence electrons. The van der Waals surface area contributed by atoms with E-state index in [1.165, 1.54) is 11.0 Å². The minimum atomic E-state index is -4.89. The van der Waals surface area contributed by atoms with Gasteiger partial charge in [-0.3, -0.25) is 9.48 Å². The van der Waals surface area contributed by atoms with E-state index in [2.05, 4.69) is 5.10 Å². The summed E-state index contributed by atoms with van der Waals surface area (Å²) in [6.07, 6.45) is -0.736. The zero-order valence-electron chi connectivity index (χ0n) is 20.8. The molecule has 0 aliphatic carbocycles. The van der Waals surface area contributed by atoms with E-state index in [4.69, 9.17) is 0 Å². The molecule has 2 aromatic heterocycles. The van der Waals surface area contributed by atoms with Crippen molar-refractivity contribution in [3.05, 3.63) is 74.8 Å². The van der Waals surface area contributed by atoms with Crippen LogP contribution in [0.4, 0.5) is 22.0 Å². The van der Waals surface area contributed by atoms with Gasteiger partial charge in [0, 0.05) is 59.9 Å². The minimum Gasteiger partial charge on any atom is -0.333 e. The maximum Gasteiger partial charge on any atom is 0.435 e. The topological polar surface area (TPSA) is 65.2 Å². The summed E-state index contributed by atoms with van der Waals surface area (Å²) in [5.74, 6) is -3.38. The van der Waals surface area contributed by atoms with Gasteiger partial charge in [0.2, 0.25) is 5.91 Å². The Morgan fingerprint density at radius 1 is 1.26 bits per heavy atom. The maximum atomic E-state index is 15.4. The number of thiophene rings is 1. The van der Waals surface area contributed by atoms with Gasteiger partial charge in [-0.25, -0.2) is 8.78 Å². The number of aromatic nitrogens is 2. The number of fused-ring (bicyclic) bond motifs is 1. The number of halogens is 5. The second kappa shape index (κ2) is 10.7. The molecule has 1 amide bonds. The highest BCUT2D eigenvalue weighted by Gasteiger charge is 2.40. The number of aryl methyl sites for hydroxylation is 1. The molecule has 0 radical (unpaired) electrons. The van der Waals surface area contributed by atoms with Gasteiger partial charge >= 0.3 is 6.18 Å². The molecule has 0 fully saturated rings. The predicted octanol–water partition coefficient (Wildman–Crippen LogP) is 5.39. The van der Waals surface area contributed by atoms with Crippen molar-refractivity contribution in [2.45, 2.75) is 32.1 Å². The van der Waals surface area contributed by atoms with E-state index in [-0.39, 0.29) is 31.1 Å². The Balaban J connectivity index is 1.90. The van der Waals surface area contributed by atoms with Gasteiger partial charge in [0.25, 0.3) is 0 Å². The molecule has 1 atom stereocenters. The Morgan fingerprint density at radius 3 is 2.63 bits per heavy atom. The Kier molecular flexibility index (Phi) is 7.71. The van der Waals surface area contributed by atoms with Gasteiger partial charge in [-0.15, -0.1) is 11.3 Å². The molecule has 1 unspecified atom stereocenters. The third-order valence-electron chi connectivity index (χ3n) is 6.19. The summed E-state index contributed by atoms with van der Waals surface area (Å²) in [5.41, 5.74) is -1.74. The molecule has 0 saturated carbocycles. The van der Waals surface area contributed by atoms with Gasteiger partial charge in [0.1, 0.15) is 22.6 Å². The third-order valence-corrected chi connectivity index (χ3v) is 7.23. The number of amides is 1. The van der Waals surface area contributed by atoms with Gasteiger partial charge in [0.15, 0.2) is 5.69 Å². The number of rotatable bonds is 6. The highest BCUT2D eigenvalue weighted by molar-refractivity contribution is 7.12. The van der Waals surface area contributed by atoms with Crippen LogP contribution in [0.2, 0.25) is 0 Å². The number of nitriles is 1. The third kappa shape index (κ3) is 5.49. The van der Waals surface area contributed by atoms with Crippen LogP contribution in [-0.2, 0) is 24.1 Å². The lowest BCUT2D eigenvalue weighted by atomic mass is 9.83. The summed E-state index contributed by atoms with van der Waals surface area (Å²) < 4.78 is 72.8. The van der Waals surface area contributed by atoms with E-state index in [1.807, 2.05) is 25.1 Å². The van der Waals surface area contributed by atoms with E-state index in [1.54, 1.807) is 19.1 Å². The summed E-state index contributed by atoms with van der Waals surface area (Å²) >= 11 is 1.14. The number of nitrogens with zero attached hydrogens (tertiary/aromatic N) is 5. The molecule has 0 spiro atoms. The van der Waals surface area contributed by atoms with E-state index < -0.39 is 40.5 Å². The monoisotopic (exact) mass is 549 g/mol. The molecule has 1 aliphatic heterocycles. The van der Waals surface area contributed by atoms with Crippen LogP contribution in [0, 0.1) is 23.0 Å². The van der Waals surface area contributed by atoms with Crippen LogP contribution >= 0.6 is 11.3 Å². The first-order valence-corrected chi connectivity index (χ1v) is 12.5. The average molecular weight is 550 g/mol. The second-order valence-corrected chi connectivity index (χ2v) is 10.3. The molecule has 12 heteroatoms. The highest BCUT2D eigenvalue weighted by atomic mass is 32.1. The molecule has 0 N–H and O–H groups in total. The Bertz CT molecular complexity index is 1430. The van der Waals surface area contributed by atoms with Crippen molar-refractivity contribution < 1.29 is 26.7 Å². The summed E-state index contributed by atoms with van der Waals surface area (Å²) in [4.78, 5) is 17.3. The first kappa shape index (κ1) is 27.5. The van der Waals surface area contributed by atoms with Gasteiger partial charge in [-0.1, -0.05) is 6.08 Å². The smallest absolute Gasteiger partial charge is 0.333 e. The molecule has 4 rings (SSSR count). The normalized spacial score (nSPS) is 15.8.